The van der Waals surface area contributed by atoms with Crippen LogP contribution in [0.25, 0.3) is 0 Å². The van der Waals surface area contributed by atoms with Gasteiger partial charge in [0.15, 0.2) is 0 Å². The monoisotopic (exact) mass is 286 g/mol. The molecule has 1 rings (SSSR count). The van der Waals surface area contributed by atoms with Crippen molar-refractivity contribution in [2.75, 3.05) is 0 Å². The van der Waals surface area contributed by atoms with Gasteiger partial charge in [-0.2, -0.15) is 0 Å². The first-order valence-electron chi connectivity index (χ1n) is 8.11. The average Bonchev–Trinajstić information content (AvgIpc) is 2.43. The molecule has 0 amide bonds. The normalized spacial score (nSPS) is 10.2. The average molecular weight is 286 g/mol. The Morgan fingerprint density at radius 3 is 1.80 bits per heavy atom. The molecule has 0 bridgehead atoms. The fraction of sp³-hybridized carbons (Fsp3) is 0.667. The predicted octanol–water partition coefficient (Wildman–Crippen LogP) is 5.21. The van der Waals surface area contributed by atoms with Gasteiger partial charge in [-0.15, -0.1) is 0 Å². The molecule has 0 saturated heterocycles. The van der Waals surface area contributed by atoms with Crippen LogP contribution in [0.3, 0.4) is 0 Å². The van der Waals surface area contributed by atoms with Gasteiger partial charge in [-0.1, -0.05) is 82.9 Å². The van der Waals surface area contributed by atoms with Crippen LogP contribution in [0.5, 0.6) is 5.75 Å². The van der Waals surface area contributed by atoms with E-state index in [4.69, 9.17) is 0 Å². The molecule has 0 aromatic heterocycles. The molecular weight excluding hydrogens is 255 g/mol. The Kier molecular flexibility index (Phi) is 14.0. The topological polar surface area (TPSA) is 20.2 Å². The standard InChI is InChI=1S/C18H30O.Na.H/c1-2-3-4-5-6-7-8-9-10-11-14-17-15-12-13-16-18(17)19;;/h12-13,15-16,19H,2-11,14H2,1H3;;. The molecule has 110 valence electrons. The molecule has 0 saturated carbocycles. The summed E-state index contributed by atoms with van der Waals surface area (Å²) in [5.41, 5.74) is 1.10. The van der Waals surface area contributed by atoms with E-state index in [0.717, 1.165) is 12.0 Å². The van der Waals surface area contributed by atoms with Gasteiger partial charge in [-0.05, 0) is 24.5 Å². The number of hydrogen-bond acceptors (Lipinski definition) is 1. The molecule has 0 fully saturated rings. The number of phenols is 1. The Morgan fingerprint density at radius 1 is 0.750 bits per heavy atom. The number of para-hydroxylation sites is 1. The predicted molar refractivity (Wildman–Crippen MR) is 90.8 cm³/mol. The zero-order valence-corrected chi connectivity index (χ0v) is 12.5. The molecule has 0 atom stereocenters. The van der Waals surface area contributed by atoms with E-state index >= 15 is 0 Å². The number of aryl methyl sites for hydroxylation is 1. The van der Waals surface area contributed by atoms with Crippen molar-refractivity contribution in [2.24, 2.45) is 0 Å². The molecule has 1 nitrogen and oxygen atoms in total. The molecule has 20 heavy (non-hydrogen) atoms. The molecule has 0 spiro atoms. The van der Waals surface area contributed by atoms with Gasteiger partial charge in [0, 0.05) is 0 Å². The summed E-state index contributed by atoms with van der Waals surface area (Å²) in [5, 5.41) is 9.65. The van der Waals surface area contributed by atoms with E-state index in [2.05, 4.69) is 6.92 Å². The van der Waals surface area contributed by atoms with Gasteiger partial charge >= 0.3 is 29.6 Å². The summed E-state index contributed by atoms with van der Waals surface area (Å²) in [7, 11) is 0. The van der Waals surface area contributed by atoms with Crippen LogP contribution in [0, 0.1) is 0 Å². The van der Waals surface area contributed by atoms with Crippen molar-refractivity contribution in [2.45, 2.75) is 77.6 Å². The van der Waals surface area contributed by atoms with Crippen LogP contribution in [0.4, 0.5) is 0 Å². The fourth-order valence-electron chi connectivity index (χ4n) is 2.53. The number of phenolic OH excluding ortho intramolecular Hbond substituents is 1. The minimum absolute atomic E-state index is 0. The van der Waals surface area contributed by atoms with Crippen molar-refractivity contribution < 1.29 is 5.11 Å². The summed E-state index contributed by atoms with van der Waals surface area (Å²) in [6.07, 6.45) is 14.6. The van der Waals surface area contributed by atoms with E-state index in [1.165, 1.54) is 64.2 Å². The van der Waals surface area contributed by atoms with E-state index < -0.39 is 0 Å². The molecule has 1 N–H and O–H groups in total. The molecule has 0 aliphatic heterocycles. The molecule has 1 aromatic rings. The number of unbranched alkanes of at least 4 members (excludes halogenated alkanes) is 9. The van der Waals surface area contributed by atoms with E-state index in [-0.39, 0.29) is 29.6 Å². The molecule has 0 radical (unpaired) electrons. The summed E-state index contributed by atoms with van der Waals surface area (Å²) >= 11 is 0. The van der Waals surface area contributed by atoms with Crippen LogP contribution in [0.2, 0.25) is 0 Å². The second kappa shape index (κ2) is 14.0. The van der Waals surface area contributed by atoms with Crippen molar-refractivity contribution in [3.63, 3.8) is 0 Å². The molecule has 2 heteroatoms. The molecule has 0 aliphatic rings. The molecule has 0 heterocycles. The Bertz CT molecular complexity index is 325. The van der Waals surface area contributed by atoms with Crippen LogP contribution in [-0.4, -0.2) is 34.7 Å². The summed E-state index contributed by atoms with van der Waals surface area (Å²) in [5.74, 6) is 0.457. The Balaban J connectivity index is 0.00000361. The van der Waals surface area contributed by atoms with Gasteiger partial charge in [0.2, 0.25) is 0 Å². The quantitative estimate of drug-likeness (QED) is 0.437. The van der Waals surface area contributed by atoms with Crippen LogP contribution in [0.15, 0.2) is 24.3 Å². The maximum atomic E-state index is 9.65. The first kappa shape index (κ1) is 20.0. The van der Waals surface area contributed by atoms with E-state index in [1.54, 1.807) is 6.07 Å². The maximum absolute atomic E-state index is 9.65. The van der Waals surface area contributed by atoms with Gasteiger partial charge in [0.05, 0.1) is 0 Å². The van der Waals surface area contributed by atoms with Crippen molar-refractivity contribution >= 4 is 29.6 Å². The van der Waals surface area contributed by atoms with Crippen molar-refractivity contribution in [3.8, 4) is 5.75 Å². The Morgan fingerprint density at radius 2 is 1.25 bits per heavy atom. The first-order chi connectivity index (χ1) is 9.34. The minimum atomic E-state index is 0. The van der Waals surface area contributed by atoms with Gasteiger partial charge < -0.3 is 5.11 Å². The summed E-state index contributed by atoms with van der Waals surface area (Å²) in [6.45, 7) is 2.27. The molecular formula is C18H31NaO. The summed E-state index contributed by atoms with van der Waals surface area (Å²) < 4.78 is 0. The number of hydrogen-bond donors (Lipinski definition) is 1. The van der Waals surface area contributed by atoms with Gasteiger partial charge in [0.1, 0.15) is 5.75 Å². The van der Waals surface area contributed by atoms with Crippen LogP contribution in [-0.2, 0) is 6.42 Å². The van der Waals surface area contributed by atoms with E-state index in [0.29, 0.717) is 5.75 Å². The van der Waals surface area contributed by atoms with Gasteiger partial charge in [0.25, 0.3) is 0 Å². The second-order valence-corrected chi connectivity index (χ2v) is 5.56. The fourth-order valence-corrected chi connectivity index (χ4v) is 2.53. The molecule has 0 unspecified atom stereocenters. The number of aromatic hydroxyl groups is 1. The van der Waals surface area contributed by atoms with Crippen LogP contribution >= 0.6 is 0 Å². The third-order valence-electron chi connectivity index (χ3n) is 3.79. The molecule has 1 aromatic carbocycles. The Labute approximate surface area is 147 Å². The zero-order chi connectivity index (χ0) is 13.8. The van der Waals surface area contributed by atoms with Crippen molar-refractivity contribution in [1.29, 1.82) is 0 Å². The van der Waals surface area contributed by atoms with Gasteiger partial charge in [-0.3, -0.25) is 0 Å². The van der Waals surface area contributed by atoms with Gasteiger partial charge in [-0.25, -0.2) is 0 Å². The number of rotatable bonds is 11. The zero-order valence-electron chi connectivity index (χ0n) is 12.5. The van der Waals surface area contributed by atoms with Crippen molar-refractivity contribution in [3.05, 3.63) is 29.8 Å². The first-order valence-corrected chi connectivity index (χ1v) is 8.11. The third-order valence-corrected chi connectivity index (χ3v) is 3.79. The van der Waals surface area contributed by atoms with Crippen LogP contribution < -0.4 is 0 Å². The van der Waals surface area contributed by atoms with Crippen molar-refractivity contribution in [1.82, 2.24) is 0 Å². The van der Waals surface area contributed by atoms with Crippen LogP contribution in [0.1, 0.15) is 76.7 Å². The van der Waals surface area contributed by atoms with E-state index in [1.807, 2.05) is 18.2 Å². The summed E-state index contributed by atoms with van der Waals surface area (Å²) in [6, 6.07) is 7.71. The van der Waals surface area contributed by atoms with E-state index in [9.17, 15) is 5.11 Å². The summed E-state index contributed by atoms with van der Waals surface area (Å²) in [4.78, 5) is 0. The third kappa shape index (κ3) is 9.85. The Hall–Kier alpha value is 0.0200. The molecule has 0 aliphatic carbocycles. The second-order valence-electron chi connectivity index (χ2n) is 5.56. The number of benzene rings is 1. The SMILES string of the molecule is CCCCCCCCCCCCc1ccccc1O.[NaH].